The second-order valence-electron chi connectivity index (χ2n) is 5.72. The molecule has 5 heteroatoms. The number of ether oxygens (including phenoxy) is 1. The predicted molar refractivity (Wildman–Crippen MR) is 81.7 cm³/mol. The third kappa shape index (κ3) is 3.64. The molecule has 0 aromatic heterocycles. The third-order valence-corrected chi connectivity index (χ3v) is 4.45. The SMILES string of the molecule is CCC1(CC)CC(Nc2ccc(N)cc2C(F)F)CCO1. The minimum absolute atomic E-state index is 0.0277. The number of nitrogen functional groups attached to an aromatic ring is 1. The van der Waals surface area contributed by atoms with Crippen molar-refractivity contribution >= 4 is 11.4 Å². The molecule has 0 spiro atoms. The van der Waals surface area contributed by atoms with Crippen molar-refractivity contribution < 1.29 is 13.5 Å². The standard InChI is InChI=1S/C16H24F2N2O/c1-3-16(4-2)10-12(7-8-21-16)20-14-6-5-11(19)9-13(14)15(17)18/h5-6,9,12,15,20H,3-4,7-8,10,19H2,1-2H3. The van der Waals surface area contributed by atoms with Crippen molar-refractivity contribution in [2.75, 3.05) is 17.7 Å². The molecule has 0 radical (unpaired) electrons. The van der Waals surface area contributed by atoms with E-state index < -0.39 is 6.43 Å². The monoisotopic (exact) mass is 298 g/mol. The van der Waals surface area contributed by atoms with E-state index in [1.165, 1.54) is 6.07 Å². The van der Waals surface area contributed by atoms with Crippen molar-refractivity contribution in [3.63, 3.8) is 0 Å². The number of halogens is 2. The zero-order valence-corrected chi connectivity index (χ0v) is 12.7. The Morgan fingerprint density at radius 1 is 1.38 bits per heavy atom. The fourth-order valence-corrected chi connectivity index (χ4v) is 3.01. The highest BCUT2D eigenvalue weighted by Crippen LogP contribution is 2.35. The number of benzene rings is 1. The molecule has 1 fully saturated rings. The summed E-state index contributed by atoms with van der Waals surface area (Å²) in [5, 5.41) is 3.27. The minimum Gasteiger partial charge on any atom is -0.399 e. The molecule has 1 heterocycles. The highest BCUT2D eigenvalue weighted by Gasteiger charge is 2.34. The molecule has 118 valence electrons. The molecule has 0 bridgehead atoms. The molecule has 0 amide bonds. The summed E-state index contributed by atoms with van der Waals surface area (Å²) in [6.07, 6.45) is 1.01. The van der Waals surface area contributed by atoms with Crippen LogP contribution in [0.1, 0.15) is 51.5 Å². The Balaban J connectivity index is 2.14. The van der Waals surface area contributed by atoms with Crippen molar-refractivity contribution in [1.29, 1.82) is 0 Å². The first-order valence-corrected chi connectivity index (χ1v) is 7.57. The van der Waals surface area contributed by atoms with E-state index in [-0.39, 0.29) is 17.2 Å². The second-order valence-corrected chi connectivity index (χ2v) is 5.72. The molecule has 1 unspecified atom stereocenters. The zero-order chi connectivity index (χ0) is 15.5. The van der Waals surface area contributed by atoms with E-state index in [2.05, 4.69) is 19.2 Å². The summed E-state index contributed by atoms with van der Waals surface area (Å²) in [6.45, 7) is 4.89. The van der Waals surface area contributed by atoms with Gasteiger partial charge in [-0.05, 0) is 43.9 Å². The highest BCUT2D eigenvalue weighted by atomic mass is 19.3. The normalized spacial score (nSPS) is 21.5. The lowest BCUT2D eigenvalue weighted by molar-refractivity contribution is -0.0864. The number of anilines is 2. The van der Waals surface area contributed by atoms with E-state index in [0.717, 1.165) is 25.7 Å². The summed E-state index contributed by atoms with van der Waals surface area (Å²) in [5.74, 6) is 0. The molecule has 2 rings (SSSR count). The largest absolute Gasteiger partial charge is 0.399 e. The topological polar surface area (TPSA) is 47.3 Å². The van der Waals surface area contributed by atoms with Crippen molar-refractivity contribution in [2.45, 2.75) is 57.6 Å². The Labute approximate surface area is 124 Å². The summed E-state index contributed by atoms with van der Waals surface area (Å²) in [5.41, 5.74) is 6.28. The van der Waals surface area contributed by atoms with Crippen molar-refractivity contribution in [3.05, 3.63) is 23.8 Å². The van der Waals surface area contributed by atoms with E-state index in [4.69, 9.17) is 10.5 Å². The van der Waals surface area contributed by atoms with Crippen LogP contribution < -0.4 is 11.1 Å². The van der Waals surface area contributed by atoms with Crippen LogP contribution in [-0.4, -0.2) is 18.2 Å². The third-order valence-electron chi connectivity index (χ3n) is 4.45. The Bertz CT molecular complexity index is 475. The molecule has 1 aliphatic rings. The van der Waals surface area contributed by atoms with Gasteiger partial charge in [-0.1, -0.05) is 13.8 Å². The number of hydrogen-bond acceptors (Lipinski definition) is 3. The molecule has 21 heavy (non-hydrogen) atoms. The van der Waals surface area contributed by atoms with Crippen LogP contribution >= 0.6 is 0 Å². The molecule has 1 aromatic carbocycles. The van der Waals surface area contributed by atoms with Crippen LogP contribution in [0.5, 0.6) is 0 Å². The molecule has 3 N–H and O–H groups in total. The van der Waals surface area contributed by atoms with Crippen LogP contribution in [0.3, 0.4) is 0 Å². The molecule has 3 nitrogen and oxygen atoms in total. The fourth-order valence-electron chi connectivity index (χ4n) is 3.01. The van der Waals surface area contributed by atoms with Gasteiger partial charge in [-0.25, -0.2) is 8.78 Å². The first-order valence-electron chi connectivity index (χ1n) is 7.57. The second kappa shape index (κ2) is 6.60. The van der Waals surface area contributed by atoms with Crippen molar-refractivity contribution in [3.8, 4) is 0 Å². The Morgan fingerprint density at radius 3 is 2.71 bits per heavy atom. The molecular weight excluding hydrogens is 274 g/mol. The van der Waals surface area contributed by atoms with Gasteiger partial charge in [0.25, 0.3) is 6.43 Å². The lowest BCUT2D eigenvalue weighted by Crippen LogP contribution is -2.43. The van der Waals surface area contributed by atoms with Crippen LogP contribution in [-0.2, 0) is 4.74 Å². The Kier molecular flexibility index (Phi) is 5.04. The minimum atomic E-state index is -2.53. The van der Waals surface area contributed by atoms with Gasteiger partial charge >= 0.3 is 0 Å². The van der Waals surface area contributed by atoms with E-state index in [1.807, 2.05) is 0 Å². The summed E-state index contributed by atoms with van der Waals surface area (Å²) in [4.78, 5) is 0. The highest BCUT2D eigenvalue weighted by molar-refractivity contribution is 5.59. The van der Waals surface area contributed by atoms with Crippen molar-refractivity contribution in [1.82, 2.24) is 0 Å². The first-order chi connectivity index (χ1) is 9.99. The fraction of sp³-hybridized carbons (Fsp3) is 0.625. The molecule has 1 aromatic rings. The van der Waals surface area contributed by atoms with E-state index >= 15 is 0 Å². The maximum atomic E-state index is 13.1. The van der Waals surface area contributed by atoms with Gasteiger partial charge < -0.3 is 15.8 Å². The molecule has 1 saturated heterocycles. The smallest absolute Gasteiger partial charge is 0.265 e. The van der Waals surface area contributed by atoms with Gasteiger partial charge in [0.2, 0.25) is 0 Å². The van der Waals surface area contributed by atoms with Gasteiger partial charge in [0.05, 0.1) is 5.60 Å². The quantitative estimate of drug-likeness (QED) is 0.794. The first kappa shape index (κ1) is 16.0. The lowest BCUT2D eigenvalue weighted by atomic mass is 9.85. The van der Waals surface area contributed by atoms with Crippen LogP contribution in [0.4, 0.5) is 20.2 Å². The molecule has 0 saturated carbocycles. The number of nitrogens with two attached hydrogens (primary N) is 1. The van der Waals surface area contributed by atoms with Gasteiger partial charge in [0.15, 0.2) is 0 Å². The van der Waals surface area contributed by atoms with E-state index in [9.17, 15) is 8.78 Å². The van der Waals surface area contributed by atoms with Crippen LogP contribution in [0.25, 0.3) is 0 Å². The van der Waals surface area contributed by atoms with Crippen LogP contribution in [0, 0.1) is 0 Å². The summed E-state index contributed by atoms with van der Waals surface area (Å²) < 4.78 is 32.2. The zero-order valence-electron chi connectivity index (χ0n) is 12.7. The number of rotatable bonds is 5. The van der Waals surface area contributed by atoms with Crippen molar-refractivity contribution in [2.24, 2.45) is 0 Å². The average molecular weight is 298 g/mol. The van der Waals surface area contributed by atoms with Crippen LogP contribution in [0.15, 0.2) is 18.2 Å². The molecule has 1 aliphatic heterocycles. The van der Waals surface area contributed by atoms with E-state index in [1.54, 1.807) is 12.1 Å². The Morgan fingerprint density at radius 2 is 2.10 bits per heavy atom. The van der Waals surface area contributed by atoms with Gasteiger partial charge in [-0.2, -0.15) is 0 Å². The molecular formula is C16H24F2N2O. The van der Waals surface area contributed by atoms with Gasteiger partial charge in [-0.3, -0.25) is 0 Å². The van der Waals surface area contributed by atoms with Gasteiger partial charge in [-0.15, -0.1) is 0 Å². The molecule has 1 atom stereocenters. The number of nitrogens with one attached hydrogen (secondary N) is 1. The Hall–Kier alpha value is -1.36. The van der Waals surface area contributed by atoms with Crippen LogP contribution in [0.2, 0.25) is 0 Å². The van der Waals surface area contributed by atoms with Gasteiger partial charge in [0, 0.05) is 29.6 Å². The lowest BCUT2D eigenvalue weighted by Gasteiger charge is -2.40. The number of hydrogen-bond donors (Lipinski definition) is 2. The molecule has 0 aliphatic carbocycles. The number of alkyl halides is 2. The predicted octanol–water partition coefficient (Wildman–Crippen LogP) is 4.36. The maximum Gasteiger partial charge on any atom is 0.265 e. The summed E-state index contributed by atoms with van der Waals surface area (Å²) in [6, 6.07) is 4.80. The average Bonchev–Trinajstić information content (AvgIpc) is 2.49. The maximum absolute atomic E-state index is 13.1. The van der Waals surface area contributed by atoms with E-state index in [0.29, 0.717) is 18.0 Å². The summed E-state index contributed by atoms with van der Waals surface area (Å²) in [7, 11) is 0. The van der Waals surface area contributed by atoms with Gasteiger partial charge in [0.1, 0.15) is 0 Å². The summed E-state index contributed by atoms with van der Waals surface area (Å²) >= 11 is 0.